The second-order valence-electron chi connectivity index (χ2n) is 5.26. The highest BCUT2D eigenvalue weighted by Crippen LogP contribution is 2.27. The molecule has 18 heavy (non-hydrogen) atoms. The minimum absolute atomic E-state index is 0.747. The molecule has 0 spiro atoms. The number of aldehydes is 1. The van der Waals surface area contributed by atoms with Crippen LogP contribution < -0.4 is 4.90 Å². The summed E-state index contributed by atoms with van der Waals surface area (Å²) in [5.74, 6) is 0.836. The molecule has 0 aliphatic carbocycles. The average Bonchev–Trinajstić information content (AvgIpc) is 2.81. The number of anilines is 1. The number of nitrogens with one attached hydrogen (secondary N) is 1. The first-order chi connectivity index (χ1) is 8.78. The third kappa shape index (κ3) is 1.90. The maximum Gasteiger partial charge on any atom is 0.152 e. The molecule has 0 saturated carbocycles. The third-order valence-electron chi connectivity index (χ3n) is 3.97. The van der Waals surface area contributed by atoms with Crippen LogP contribution in [0.3, 0.4) is 0 Å². The lowest BCUT2D eigenvalue weighted by atomic mass is 9.98. The van der Waals surface area contributed by atoms with Crippen molar-refractivity contribution in [2.75, 3.05) is 18.0 Å². The zero-order valence-electron chi connectivity index (χ0n) is 10.6. The maximum absolute atomic E-state index is 11.0. The van der Waals surface area contributed by atoms with Gasteiger partial charge in [-0.05, 0) is 37.0 Å². The monoisotopic (exact) mass is 242 g/mol. The predicted octanol–water partition coefficient (Wildman–Crippen LogP) is 3.22. The first-order valence-corrected chi connectivity index (χ1v) is 6.59. The lowest BCUT2D eigenvalue weighted by Gasteiger charge is -2.32. The maximum atomic E-state index is 11.0. The third-order valence-corrected chi connectivity index (χ3v) is 3.97. The molecular formula is C15H18N2O. The molecule has 3 nitrogen and oxygen atoms in total. The molecule has 0 unspecified atom stereocenters. The van der Waals surface area contributed by atoms with Gasteiger partial charge in [0.05, 0.1) is 0 Å². The molecule has 1 saturated heterocycles. The van der Waals surface area contributed by atoms with Gasteiger partial charge in [0.25, 0.3) is 0 Å². The van der Waals surface area contributed by atoms with E-state index in [-0.39, 0.29) is 0 Å². The highest BCUT2D eigenvalue weighted by Gasteiger charge is 2.16. The fourth-order valence-electron chi connectivity index (χ4n) is 2.69. The van der Waals surface area contributed by atoms with E-state index in [1.807, 2.05) is 0 Å². The van der Waals surface area contributed by atoms with Crippen LogP contribution in [0.4, 0.5) is 5.69 Å². The Morgan fingerprint density at radius 1 is 1.33 bits per heavy atom. The van der Waals surface area contributed by atoms with Crippen molar-refractivity contribution in [3.05, 3.63) is 30.0 Å². The van der Waals surface area contributed by atoms with Gasteiger partial charge in [0.15, 0.2) is 6.29 Å². The van der Waals surface area contributed by atoms with Crippen molar-refractivity contribution in [1.29, 1.82) is 0 Å². The Kier molecular flexibility index (Phi) is 2.82. The van der Waals surface area contributed by atoms with E-state index in [9.17, 15) is 4.79 Å². The molecule has 3 rings (SSSR count). The van der Waals surface area contributed by atoms with Crippen molar-refractivity contribution in [2.45, 2.75) is 19.8 Å². The number of hydrogen-bond donors (Lipinski definition) is 1. The van der Waals surface area contributed by atoms with Gasteiger partial charge in [-0.1, -0.05) is 6.92 Å². The van der Waals surface area contributed by atoms with E-state index in [2.05, 4.69) is 35.0 Å². The van der Waals surface area contributed by atoms with Crippen LogP contribution in [0.15, 0.2) is 24.4 Å². The highest BCUT2D eigenvalue weighted by atomic mass is 16.1. The standard InChI is InChI=1S/C15H18N2O/c1-11-4-6-17(7-5-11)13-2-3-15-14(8-13)12(10-18)9-16-15/h2-3,8-11,16H,4-7H2,1H3. The molecule has 1 N–H and O–H groups in total. The van der Waals surface area contributed by atoms with E-state index < -0.39 is 0 Å². The Morgan fingerprint density at radius 2 is 2.11 bits per heavy atom. The van der Waals surface area contributed by atoms with Crippen LogP contribution >= 0.6 is 0 Å². The van der Waals surface area contributed by atoms with Crippen LogP contribution in [-0.2, 0) is 0 Å². The van der Waals surface area contributed by atoms with Gasteiger partial charge in [-0.2, -0.15) is 0 Å². The summed E-state index contributed by atoms with van der Waals surface area (Å²) < 4.78 is 0. The van der Waals surface area contributed by atoms with Gasteiger partial charge < -0.3 is 9.88 Å². The van der Waals surface area contributed by atoms with Gasteiger partial charge in [0.1, 0.15) is 0 Å². The summed E-state index contributed by atoms with van der Waals surface area (Å²) in [6.45, 7) is 4.55. The fraction of sp³-hybridized carbons (Fsp3) is 0.400. The van der Waals surface area contributed by atoms with Crippen molar-refractivity contribution < 1.29 is 4.79 Å². The molecule has 3 heteroatoms. The SMILES string of the molecule is CC1CCN(c2ccc3[nH]cc(C=O)c3c2)CC1. The molecule has 2 heterocycles. The Morgan fingerprint density at radius 3 is 2.83 bits per heavy atom. The summed E-state index contributed by atoms with van der Waals surface area (Å²) >= 11 is 0. The zero-order chi connectivity index (χ0) is 12.5. The minimum Gasteiger partial charge on any atom is -0.371 e. The molecule has 94 valence electrons. The molecule has 0 bridgehead atoms. The first-order valence-electron chi connectivity index (χ1n) is 6.59. The highest BCUT2D eigenvalue weighted by molar-refractivity contribution is 5.98. The molecule has 1 aromatic heterocycles. The topological polar surface area (TPSA) is 36.1 Å². The van der Waals surface area contributed by atoms with Crippen LogP contribution in [0.2, 0.25) is 0 Å². The molecule has 1 fully saturated rings. The Hall–Kier alpha value is -1.77. The van der Waals surface area contributed by atoms with Crippen LogP contribution in [0.1, 0.15) is 30.1 Å². The lowest BCUT2D eigenvalue weighted by Crippen LogP contribution is -2.32. The number of benzene rings is 1. The van der Waals surface area contributed by atoms with Gasteiger partial charge in [-0.25, -0.2) is 0 Å². The van der Waals surface area contributed by atoms with Gasteiger partial charge in [-0.15, -0.1) is 0 Å². The fourth-order valence-corrected chi connectivity index (χ4v) is 2.69. The van der Waals surface area contributed by atoms with Crippen molar-refractivity contribution in [3.63, 3.8) is 0 Å². The molecule has 0 radical (unpaired) electrons. The molecule has 0 amide bonds. The van der Waals surface area contributed by atoms with Crippen molar-refractivity contribution in [1.82, 2.24) is 4.98 Å². The normalized spacial score (nSPS) is 17.3. The zero-order valence-corrected chi connectivity index (χ0v) is 10.6. The Bertz CT molecular complexity index is 565. The van der Waals surface area contributed by atoms with Crippen molar-refractivity contribution in [2.24, 2.45) is 5.92 Å². The number of aromatic amines is 1. The summed E-state index contributed by atoms with van der Waals surface area (Å²) in [6.07, 6.45) is 5.21. The van der Waals surface area contributed by atoms with Gasteiger partial charge in [0.2, 0.25) is 0 Å². The number of rotatable bonds is 2. The minimum atomic E-state index is 0.747. The Labute approximate surface area is 107 Å². The van der Waals surface area contributed by atoms with Crippen LogP contribution in [0.5, 0.6) is 0 Å². The second kappa shape index (κ2) is 4.48. The van der Waals surface area contributed by atoms with Gasteiger partial charge in [0, 0.05) is 41.4 Å². The molecule has 2 aromatic rings. The number of piperidine rings is 1. The van der Waals surface area contributed by atoms with Crippen LogP contribution in [0.25, 0.3) is 10.9 Å². The smallest absolute Gasteiger partial charge is 0.152 e. The summed E-state index contributed by atoms with van der Waals surface area (Å²) in [6, 6.07) is 6.34. The van der Waals surface area contributed by atoms with E-state index in [4.69, 9.17) is 0 Å². The van der Waals surface area contributed by atoms with Crippen LogP contribution in [0, 0.1) is 5.92 Å². The number of H-pyrrole nitrogens is 1. The van der Waals surface area contributed by atoms with E-state index in [1.54, 1.807) is 6.20 Å². The van der Waals surface area contributed by atoms with E-state index in [0.29, 0.717) is 0 Å². The molecule has 1 aliphatic rings. The summed E-state index contributed by atoms with van der Waals surface area (Å²) in [5, 5.41) is 1.03. The first kappa shape index (κ1) is 11.3. The number of carbonyl (C=O) groups excluding carboxylic acids is 1. The summed E-state index contributed by atoms with van der Waals surface area (Å²) in [7, 11) is 0. The van der Waals surface area contributed by atoms with Crippen LogP contribution in [-0.4, -0.2) is 24.4 Å². The molecule has 1 aliphatic heterocycles. The predicted molar refractivity (Wildman–Crippen MR) is 74.3 cm³/mol. The Balaban J connectivity index is 1.94. The largest absolute Gasteiger partial charge is 0.371 e. The number of hydrogen-bond acceptors (Lipinski definition) is 2. The van der Waals surface area contributed by atoms with Crippen molar-refractivity contribution in [3.8, 4) is 0 Å². The summed E-state index contributed by atoms with van der Waals surface area (Å²) in [5.41, 5.74) is 3.01. The number of nitrogens with zero attached hydrogens (tertiary/aromatic N) is 1. The second-order valence-corrected chi connectivity index (χ2v) is 5.26. The quantitative estimate of drug-likeness (QED) is 0.821. The number of aromatic nitrogens is 1. The molecular weight excluding hydrogens is 224 g/mol. The molecule has 1 aromatic carbocycles. The van der Waals surface area contributed by atoms with Gasteiger partial charge in [-0.3, -0.25) is 4.79 Å². The van der Waals surface area contributed by atoms with E-state index in [0.717, 1.165) is 41.8 Å². The number of fused-ring (bicyclic) bond motifs is 1. The summed E-state index contributed by atoms with van der Waals surface area (Å²) in [4.78, 5) is 16.5. The van der Waals surface area contributed by atoms with Crippen molar-refractivity contribution >= 4 is 22.9 Å². The van der Waals surface area contributed by atoms with E-state index >= 15 is 0 Å². The molecule has 0 atom stereocenters. The lowest BCUT2D eigenvalue weighted by molar-refractivity contribution is 0.112. The van der Waals surface area contributed by atoms with E-state index in [1.165, 1.54) is 18.5 Å². The average molecular weight is 242 g/mol. The van der Waals surface area contributed by atoms with Gasteiger partial charge >= 0.3 is 0 Å². The number of carbonyl (C=O) groups is 1.